The lowest BCUT2D eigenvalue weighted by Crippen LogP contribution is -2.27. The summed E-state index contributed by atoms with van der Waals surface area (Å²) in [6.07, 6.45) is 3.23. The minimum atomic E-state index is -0.291. The maximum absolute atomic E-state index is 14.2. The lowest BCUT2D eigenvalue weighted by Gasteiger charge is -2.17. The van der Waals surface area contributed by atoms with E-state index in [1.165, 1.54) is 14.2 Å². The number of amidine groups is 1. The Labute approximate surface area is 251 Å². The quantitative estimate of drug-likeness (QED) is 0.119. The highest BCUT2D eigenvalue weighted by Crippen LogP contribution is 2.36. The molecule has 0 bridgehead atoms. The molecule has 2 heterocycles. The molecular formula is C34H36N4O5. The number of oxime groups is 1. The molecule has 0 saturated heterocycles. The Balaban J connectivity index is 1.53. The van der Waals surface area contributed by atoms with Crippen molar-refractivity contribution < 1.29 is 19.1 Å². The minimum Gasteiger partial charge on any atom is -0.487 e. The van der Waals surface area contributed by atoms with Crippen LogP contribution in [0.15, 0.2) is 76.7 Å². The summed E-state index contributed by atoms with van der Waals surface area (Å²) in [4.78, 5) is 35.1. The first kappa shape index (κ1) is 29.6. The van der Waals surface area contributed by atoms with Crippen LogP contribution in [-0.4, -0.2) is 41.6 Å². The molecule has 0 unspecified atom stereocenters. The zero-order chi connectivity index (χ0) is 30.6. The van der Waals surface area contributed by atoms with Gasteiger partial charge in [-0.1, -0.05) is 67.0 Å². The molecule has 0 radical (unpaired) electrons. The van der Waals surface area contributed by atoms with Gasteiger partial charge in [-0.15, -0.1) is 0 Å². The predicted octanol–water partition coefficient (Wildman–Crippen LogP) is 5.22. The van der Waals surface area contributed by atoms with Gasteiger partial charge in [0.25, 0.3) is 5.56 Å². The summed E-state index contributed by atoms with van der Waals surface area (Å²) in [5, 5.41) is 6.57. The molecule has 1 aliphatic rings. The minimum absolute atomic E-state index is 0.150. The smallest absolute Gasteiger partial charge is 0.303 e. The average molecular weight is 581 g/mol. The average Bonchev–Trinajstić information content (AvgIpc) is 3.32. The SMILES string of the molecule is CCCc1nc(OC)n(-c2ccc3c(c2)CC(C)(C)O3)c(=O)c1Cc1ccc(-c2ccccc2/C(=N/OC)NC=O)cc1. The second kappa shape index (κ2) is 12.5. The molecule has 0 fully saturated rings. The Morgan fingerprint density at radius 3 is 2.58 bits per heavy atom. The van der Waals surface area contributed by atoms with Crippen molar-refractivity contribution in [3.05, 3.63) is 105 Å². The Hall–Kier alpha value is -4.92. The summed E-state index contributed by atoms with van der Waals surface area (Å²) < 4.78 is 13.2. The van der Waals surface area contributed by atoms with Crippen molar-refractivity contribution in [1.82, 2.24) is 14.9 Å². The lowest BCUT2D eigenvalue weighted by atomic mass is 9.96. The van der Waals surface area contributed by atoms with Crippen LogP contribution in [0, 0.1) is 0 Å². The summed E-state index contributed by atoms with van der Waals surface area (Å²) in [5.41, 5.74) is 6.18. The van der Waals surface area contributed by atoms with Crippen molar-refractivity contribution in [2.75, 3.05) is 14.2 Å². The second-order valence-electron chi connectivity index (χ2n) is 11.0. The number of nitrogens with one attached hydrogen (secondary N) is 1. The summed E-state index contributed by atoms with van der Waals surface area (Å²) >= 11 is 0. The molecule has 0 saturated carbocycles. The maximum atomic E-state index is 14.2. The van der Waals surface area contributed by atoms with E-state index in [1.54, 1.807) is 4.57 Å². The Bertz CT molecular complexity index is 1720. The summed E-state index contributed by atoms with van der Waals surface area (Å²) in [6, 6.07) is 21.7. The van der Waals surface area contributed by atoms with Crippen molar-refractivity contribution in [3.63, 3.8) is 0 Å². The first-order valence-corrected chi connectivity index (χ1v) is 14.3. The molecule has 1 aromatic heterocycles. The first-order chi connectivity index (χ1) is 20.8. The van der Waals surface area contributed by atoms with Crippen molar-refractivity contribution in [2.45, 2.75) is 52.1 Å². The van der Waals surface area contributed by atoms with Gasteiger partial charge < -0.3 is 19.6 Å². The van der Waals surface area contributed by atoms with Gasteiger partial charge in [0.05, 0.1) is 18.5 Å². The number of hydrogen-bond acceptors (Lipinski definition) is 7. The monoisotopic (exact) mass is 580 g/mol. The van der Waals surface area contributed by atoms with E-state index in [0.29, 0.717) is 36.3 Å². The number of aryl methyl sites for hydroxylation is 1. The number of benzene rings is 3. The predicted molar refractivity (Wildman–Crippen MR) is 166 cm³/mol. The Morgan fingerprint density at radius 2 is 1.88 bits per heavy atom. The number of carbonyl (C=O) groups excluding carboxylic acids is 1. The fourth-order valence-corrected chi connectivity index (χ4v) is 5.55. The van der Waals surface area contributed by atoms with Crippen molar-refractivity contribution in [2.24, 2.45) is 5.16 Å². The van der Waals surface area contributed by atoms with E-state index in [4.69, 9.17) is 19.3 Å². The molecule has 1 aliphatic heterocycles. The van der Waals surface area contributed by atoms with Gasteiger partial charge in [-0.05, 0) is 55.2 Å². The molecule has 1 amide bonds. The van der Waals surface area contributed by atoms with E-state index in [0.717, 1.165) is 52.1 Å². The molecule has 4 aromatic rings. The zero-order valence-electron chi connectivity index (χ0n) is 25.1. The van der Waals surface area contributed by atoms with Crippen LogP contribution in [0.2, 0.25) is 0 Å². The molecule has 5 rings (SSSR count). The molecular weight excluding hydrogens is 544 g/mol. The van der Waals surface area contributed by atoms with E-state index in [2.05, 4.69) is 31.2 Å². The van der Waals surface area contributed by atoms with Crippen LogP contribution in [0.3, 0.4) is 0 Å². The summed E-state index contributed by atoms with van der Waals surface area (Å²) in [6.45, 7) is 6.17. The van der Waals surface area contributed by atoms with Gasteiger partial charge in [0.15, 0.2) is 5.84 Å². The molecule has 9 nitrogen and oxygen atoms in total. The number of nitrogens with zero attached hydrogens (tertiary/aromatic N) is 3. The Morgan fingerprint density at radius 1 is 1.12 bits per heavy atom. The van der Waals surface area contributed by atoms with E-state index in [1.807, 2.05) is 66.7 Å². The molecule has 0 spiro atoms. The third kappa shape index (κ3) is 6.16. The van der Waals surface area contributed by atoms with Crippen molar-refractivity contribution >= 4 is 12.2 Å². The lowest BCUT2D eigenvalue weighted by molar-refractivity contribution is -0.108. The number of hydrogen-bond donors (Lipinski definition) is 1. The van der Waals surface area contributed by atoms with Gasteiger partial charge in [-0.2, -0.15) is 0 Å². The van der Waals surface area contributed by atoms with Gasteiger partial charge in [0.1, 0.15) is 18.5 Å². The summed E-state index contributed by atoms with van der Waals surface area (Å²) in [5.74, 6) is 1.15. The number of aromatic nitrogens is 2. The Kier molecular flexibility index (Phi) is 8.61. The molecule has 43 heavy (non-hydrogen) atoms. The summed E-state index contributed by atoms with van der Waals surface area (Å²) in [7, 11) is 2.97. The van der Waals surface area contributed by atoms with E-state index in [-0.39, 0.29) is 17.2 Å². The largest absolute Gasteiger partial charge is 0.487 e. The third-order valence-corrected chi connectivity index (χ3v) is 7.41. The van der Waals surface area contributed by atoms with E-state index >= 15 is 0 Å². The molecule has 0 atom stereocenters. The van der Waals surface area contributed by atoms with Gasteiger partial charge in [-0.25, -0.2) is 9.55 Å². The molecule has 1 N–H and O–H groups in total. The highest BCUT2D eigenvalue weighted by atomic mass is 16.6. The molecule has 3 aromatic carbocycles. The van der Waals surface area contributed by atoms with Crippen LogP contribution in [0.1, 0.15) is 55.1 Å². The van der Waals surface area contributed by atoms with Crippen LogP contribution < -0.4 is 20.3 Å². The van der Waals surface area contributed by atoms with E-state index in [9.17, 15) is 9.59 Å². The van der Waals surface area contributed by atoms with Crippen LogP contribution in [-0.2, 0) is 28.9 Å². The van der Waals surface area contributed by atoms with Crippen LogP contribution >= 0.6 is 0 Å². The van der Waals surface area contributed by atoms with Gasteiger partial charge in [0, 0.05) is 29.5 Å². The van der Waals surface area contributed by atoms with Crippen LogP contribution in [0.25, 0.3) is 16.8 Å². The number of rotatable bonds is 10. The van der Waals surface area contributed by atoms with Gasteiger partial charge in [-0.3, -0.25) is 9.59 Å². The first-order valence-electron chi connectivity index (χ1n) is 14.3. The van der Waals surface area contributed by atoms with Crippen molar-refractivity contribution in [3.8, 4) is 28.6 Å². The maximum Gasteiger partial charge on any atom is 0.303 e. The van der Waals surface area contributed by atoms with Gasteiger partial charge in [0.2, 0.25) is 6.41 Å². The number of carbonyl (C=O) groups is 1. The topological polar surface area (TPSA) is 104 Å². The highest BCUT2D eigenvalue weighted by molar-refractivity contribution is 6.08. The standard InChI is InChI=1S/C34H36N4O5/c1-6-9-29-28(32(40)38(33(36-29)41-4)25-16-17-30-24(19-25)20-34(2,3)43-30)18-22-12-14-23(15-13-22)26-10-7-8-11-27(26)31(35-21-39)37-42-5/h7-8,10-17,19,21H,6,9,18,20H2,1-5H3,(H,35,37,39). The highest BCUT2D eigenvalue weighted by Gasteiger charge is 2.30. The fraction of sp³-hybridized carbons (Fsp3) is 0.294. The van der Waals surface area contributed by atoms with Crippen LogP contribution in [0.5, 0.6) is 11.8 Å². The molecule has 0 aliphatic carbocycles. The normalized spacial score (nSPS) is 13.7. The van der Waals surface area contributed by atoms with Crippen LogP contribution in [0.4, 0.5) is 0 Å². The number of amides is 1. The van der Waals surface area contributed by atoms with Crippen molar-refractivity contribution in [1.29, 1.82) is 0 Å². The van der Waals surface area contributed by atoms with Gasteiger partial charge >= 0.3 is 6.01 Å². The fourth-order valence-electron chi connectivity index (χ4n) is 5.55. The number of ether oxygens (including phenoxy) is 2. The number of methoxy groups -OCH3 is 1. The van der Waals surface area contributed by atoms with E-state index < -0.39 is 0 Å². The molecule has 222 valence electrons. The zero-order valence-corrected chi connectivity index (χ0v) is 25.1. The third-order valence-electron chi connectivity index (χ3n) is 7.41. The second-order valence-corrected chi connectivity index (χ2v) is 11.0. The number of fused-ring (bicyclic) bond motifs is 1. The molecule has 9 heteroatoms.